The van der Waals surface area contributed by atoms with E-state index in [9.17, 15) is 13.2 Å². The SMILES string of the molecule is CCN(CC)c1ccc(S(=O)(=O)N(CC)CC)cc1NC(=O)c1ccc(-n2nc(C)cc2C)cc1. The van der Waals surface area contributed by atoms with Gasteiger partial charge in [-0.25, -0.2) is 13.1 Å². The molecule has 188 valence electrons. The molecule has 0 saturated heterocycles. The van der Waals surface area contributed by atoms with Crippen LogP contribution in [0, 0.1) is 13.8 Å². The van der Waals surface area contributed by atoms with E-state index in [0.717, 1.165) is 35.9 Å². The van der Waals surface area contributed by atoms with Crippen LogP contribution in [0.3, 0.4) is 0 Å². The lowest BCUT2D eigenvalue weighted by atomic mass is 10.1. The highest BCUT2D eigenvalue weighted by molar-refractivity contribution is 7.89. The number of carbonyl (C=O) groups is 1. The summed E-state index contributed by atoms with van der Waals surface area (Å²) in [6, 6.07) is 14.1. The normalized spacial score (nSPS) is 11.6. The molecule has 0 bridgehead atoms. The number of hydrogen-bond acceptors (Lipinski definition) is 5. The van der Waals surface area contributed by atoms with E-state index in [4.69, 9.17) is 0 Å². The maximum absolute atomic E-state index is 13.2. The zero-order valence-corrected chi connectivity index (χ0v) is 22.2. The molecule has 0 spiro atoms. The fourth-order valence-electron chi connectivity index (χ4n) is 4.17. The van der Waals surface area contributed by atoms with Crippen LogP contribution in [0.2, 0.25) is 0 Å². The van der Waals surface area contributed by atoms with Crippen molar-refractivity contribution in [1.29, 1.82) is 0 Å². The second-order valence-corrected chi connectivity index (χ2v) is 10.2. The summed E-state index contributed by atoms with van der Waals surface area (Å²) < 4.78 is 29.5. The summed E-state index contributed by atoms with van der Waals surface area (Å²) in [7, 11) is -3.66. The average Bonchev–Trinajstić information content (AvgIpc) is 3.19. The zero-order valence-electron chi connectivity index (χ0n) is 21.4. The number of nitrogens with zero attached hydrogens (tertiary/aromatic N) is 4. The van der Waals surface area contributed by atoms with Gasteiger partial charge < -0.3 is 10.2 Å². The minimum atomic E-state index is -3.66. The summed E-state index contributed by atoms with van der Waals surface area (Å²) in [5.74, 6) is -0.310. The topological polar surface area (TPSA) is 87.5 Å². The predicted octanol–water partition coefficient (Wildman–Crippen LogP) is 4.62. The lowest BCUT2D eigenvalue weighted by molar-refractivity contribution is 0.102. The first-order valence-electron chi connectivity index (χ1n) is 12.0. The van der Waals surface area contributed by atoms with Crippen molar-refractivity contribution >= 4 is 27.3 Å². The van der Waals surface area contributed by atoms with Gasteiger partial charge in [-0.15, -0.1) is 0 Å². The van der Waals surface area contributed by atoms with Crippen LogP contribution in [0.15, 0.2) is 53.4 Å². The Bertz CT molecular complexity index is 1270. The molecule has 35 heavy (non-hydrogen) atoms. The molecule has 8 nitrogen and oxygen atoms in total. The highest BCUT2D eigenvalue weighted by Crippen LogP contribution is 2.31. The number of nitrogens with one attached hydrogen (secondary N) is 1. The molecule has 0 radical (unpaired) electrons. The van der Waals surface area contributed by atoms with Crippen molar-refractivity contribution < 1.29 is 13.2 Å². The number of amides is 1. The Labute approximate surface area is 208 Å². The van der Waals surface area contributed by atoms with E-state index in [0.29, 0.717) is 24.3 Å². The molecule has 0 unspecified atom stereocenters. The van der Waals surface area contributed by atoms with Crippen LogP contribution in [-0.4, -0.2) is 54.6 Å². The molecule has 3 rings (SSSR count). The Morgan fingerprint density at radius 2 is 1.54 bits per heavy atom. The van der Waals surface area contributed by atoms with Crippen molar-refractivity contribution in [3.63, 3.8) is 0 Å². The molecular weight excluding hydrogens is 462 g/mol. The van der Waals surface area contributed by atoms with E-state index in [-0.39, 0.29) is 10.8 Å². The van der Waals surface area contributed by atoms with Gasteiger partial charge in [0.25, 0.3) is 5.91 Å². The summed E-state index contributed by atoms with van der Waals surface area (Å²) in [6.45, 7) is 13.8. The summed E-state index contributed by atoms with van der Waals surface area (Å²) in [5.41, 5.74) is 4.51. The molecule has 1 heterocycles. The van der Waals surface area contributed by atoms with Gasteiger partial charge in [0.2, 0.25) is 10.0 Å². The number of rotatable bonds is 10. The van der Waals surface area contributed by atoms with E-state index in [1.165, 1.54) is 4.31 Å². The summed E-state index contributed by atoms with van der Waals surface area (Å²) in [6.07, 6.45) is 0. The van der Waals surface area contributed by atoms with Gasteiger partial charge in [-0.2, -0.15) is 9.40 Å². The smallest absolute Gasteiger partial charge is 0.255 e. The lowest BCUT2D eigenvalue weighted by Crippen LogP contribution is -2.31. The van der Waals surface area contributed by atoms with E-state index < -0.39 is 10.0 Å². The summed E-state index contributed by atoms with van der Waals surface area (Å²) in [4.78, 5) is 15.4. The van der Waals surface area contributed by atoms with Crippen LogP contribution in [0.5, 0.6) is 0 Å². The Morgan fingerprint density at radius 3 is 2.06 bits per heavy atom. The molecule has 0 saturated carbocycles. The second kappa shape index (κ2) is 11.0. The second-order valence-electron chi connectivity index (χ2n) is 8.28. The molecule has 0 fully saturated rings. The number of benzene rings is 2. The maximum Gasteiger partial charge on any atom is 0.255 e. The van der Waals surface area contributed by atoms with Gasteiger partial charge >= 0.3 is 0 Å². The molecule has 9 heteroatoms. The van der Waals surface area contributed by atoms with Crippen molar-refractivity contribution in [2.75, 3.05) is 36.4 Å². The molecule has 1 N–H and O–H groups in total. The van der Waals surface area contributed by atoms with Gasteiger partial charge in [-0.1, -0.05) is 13.8 Å². The first kappa shape index (κ1) is 26.4. The fraction of sp³-hybridized carbons (Fsp3) is 0.385. The zero-order chi connectivity index (χ0) is 25.8. The standard InChI is InChI=1S/C26H35N5O3S/c1-7-29(8-2)25-16-15-23(35(33,34)30(9-3)10-4)18-24(25)27-26(32)21-11-13-22(14-12-21)31-20(6)17-19(5)28-31/h11-18H,7-10H2,1-6H3,(H,27,32). The van der Waals surface area contributed by atoms with Crippen molar-refractivity contribution in [1.82, 2.24) is 14.1 Å². The molecular formula is C26H35N5O3S. The third-order valence-electron chi connectivity index (χ3n) is 6.05. The Balaban J connectivity index is 1.96. The molecule has 0 aliphatic heterocycles. The monoisotopic (exact) mass is 497 g/mol. The van der Waals surface area contributed by atoms with Crippen LogP contribution in [0.1, 0.15) is 49.4 Å². The van der Waals surface area contributed by atoms with Crippen molar-refractivity contribution in [2.45, 2.75) is 46.4 Å². The quantitative estimate of drug-likeness (QED) is 0.442. The van der Waals surface area contributed by atoms with E-state index in [2.05, 4.69) is 15.3 Å². The molecule has 2 aromatic carbocycles. The van der Waals surface area contributed by atoms with E-state index >= 15 is 0 Å². The number of aromatic nitrogens is 2. The Hall–Kier alpha value is -3.17. The number of carbonyl (C=O) groups excluding carboxylic acids is 1. The van der Waals surface area contributed by atoms with Crippen molar-refractivity contribution in [3.8, 4) is 5.69 Å². The summed E-state index contributed by atoms with van der Waals surface area (Å²) >= 11 is 0. The van der Waals surface area contributed by atoms with E-state index in [1.54, 1.807) is 30.3 Å². The molecule has 0 aliphatic carbocycles. The van der Waals surface area contributed by atoms with Crippen LogP contribution >= 0.6 is 0 Å². The number of aryl methyl sites for hydroxylation is 2. The molecule has 3 aromatic rings. The molecule has 0 aliphatic rings. The maximum atomic E-state index is 13.2. The summed E-state index contributed by atoms with van der Waals surface area (Å²) in [5, 5.41) is 7.44. The average molecular weight is 498 g/mol. The Kier molecular flexibility index (Phi) is 8.34. The van der Waals surface area contributed by atoms with Gasteiger partial charge in [0.1, 0.15) is 0 Å². The Morgan fingerprint density at radius 1 is 0.914 bits per heavy atom. The van der Waals surface area contributed by atoms with Crippen LogP contribution in [0.25, 0.3) is 5.69 Å². The highest BCUT2D eigenvalue weighted by Gasteiger charge is 2.24. The van der Waals surface area contributed by atoms with Gasteiger partial charge in [-0.05, 0) is 76.2 Å². The predicted molar refractivity (Wildman–Crippen MR) is 141 cm³/mol. The van der Waals surface area contributed by atoms with E-state index in [1.807, 2.05) is 64.4 Å². The largest absolute Gasteiger partial charge is 0.370 e. The number of hydrogen-bond donors (Lipinski definition) is 1. The van der Waals surface area contributed by atoms with Crippen LogP contribution in [-0.2, 0) is 10.0 Å². The first-order chi connectivity index (χ1) is 16.7. The van der Waals surface area contributed by atoms with Crippen molar-refractivity contribution in [2.24, 2.45) is 0 Å². The van der Waals surface area contributed by atoms with Gasteiger partial charge in [-0.3, -0.25) is 4.79 Å². The van der Waals surface area contributed by atoms with Gasteiger partial charge in [0.15, 0.2) is 0 Å². The fourth-order valence-corrected chi connectivity index (χ4v) is 5.65. The van der Waals surface area contributed by atoms with Crippen LogP contribution in [0.4, 0.5) is 11.4 Å². The van der Waals surface area contributed by atoms with Crippen molar-refractivity contribution in [3.05, 3.63) is 65.5 Å². The number of anilines is 2. The number of sulfonamides is 1. The van der Waals surface area contributed by atoms with Crippen LogP contribution < -0.4 is 10.2 Å². The minimum absolute atomic E-state index is 0.160. The lowest BCUT2D eigenvalue weighted by Gasteiger charge is -2.26. The minimum Gasteiger partial charge on any atom is -0.370 e. The molecule has 1 amide bonds. The molecule has 0 atom stereocenters. The van der Waals surface area contributed by atoms with Gasteiger partial charge in [0.05, 0.1) is 27.7 Å². The third kappa shape index (κ3) is 5.57. The third-order valence-corrected chi connectivity index (χ3v) is 8.09. The first-order valence-corrected chi connectivity index (χ1v) is 13.4. The highest BCUT2D eigenvalue weighted by atomic mass is 32.2. The van der Waals surface area contributed by atoms with Gasteiger partial charge in [0, 0.05) is 37.4 Å². The molecule has 1 aromatic heterocycles.